The lowest BCUT2D eigenvalue weighted by Crippen LogP contribution is -2.23. The van der Waals surface area contributed by atoms with Crippen molar-refractivity contribution in [3.63, 3.8) is 0 Å². The lowest BCUT2D eigenvalue weighted by atomic mass is 10.2. The average Bonchev–Trinajstić information content (AvgIpc) is 3.07. The van der Waals surface area contributed by atoms with Crippen molar-refractivity contribution < 1.29 is 18.7 Å². The Labute approximate surface area is 141 Å². The van der Waals surface area contributed by atoms with Crippen LogP contribution in [0.5, 0.6) is 0 Å². The number of rotatable bonds is 4. The Kier molecular flexibility index (Phi) is 4.38. The Morgan fingerprint density at radius 1 is 1.35 bits per heavy atom. The molecule has 1 saturated heterocycles. The van der Waals surface area contributed by atoms with Gasteiger partial charge in [-0.25, -0.2) is 4.79 Å². The highest BCUT2D eigenvalue weighted by molar-refractivity contribution is 9.10. The second kappa shape index (κ2) is 6.45. The number of hydrogen-bond acceptors (Lipinski definition) is 4. The summed E-state index contributed by atoms with van der Waals surface area (Å²) in [5, 5.41) is 2.78. The normalized spacial score (nSPS) is 14.0. The van der Waals surface area contributed by atoms with Gasteiger partial charge in [-0.2, -0.15) is 0 Å². The number of anilines is 1. The van der Waals surface area contributed by atoms with Crippen LogP contribution in [0.15, 0.2) is 39.4 Å². The molecule has 0 radical (unpaired) electrons. The fraction of sp³-hybridized carbons (Fsp3) is 0.250. The van der Waals surface area contributed by atoms with Gasteiger partial charge in [0.05, 0.1) is 6.54 Å². The van der Waals surface area contributed by atoms with E-state index in [9.17, 15) is 9.59 Å². The van der Waals surface area contributed by atoms with Crippen LogP contribution in [0.1, 0.15) is 21.7 Å². The minimum atomic E-state index is -0.302. The van der Waals surface area contributed by atoms with Crippen molar-refractivity contribution in [1.82, 2.24) is 4.90 Å². The molecule has 1 aliphatic heterocycles. The van der Waals surface area contributed by atoms with E-state index in [1.807, 2.05) is 12.1 Å². The maximum Gasteiger partial charge on any atom is 0.410 e. The molecule has 7 heteroatoms. The molecule has 0 spiro atoms. The molecule has 0 atom stereocenters. The van der Waals surface area contributed by atoms with E-state index in [1.165, 1.54) is 0 Å². The SMILES string of the molecule is Cc1cc(Br)oc1C(=O)Nc1ccc(CN2CCOC2=O)cc1. The van der Waals surface area contributed by atoms with Gasteiger partial charge < -0.3 is 19.4 Å². The first kappa shape index (κ1) is 15.6. The van der Waals surface area contributed by atoms with E-state index < -0.39 is 0 Å². The Hall–Kier alpha value is -2.28. The van der Waals surface area contributed by atoms with Crippen LogP contribution < -0.4 is 5.32 Å². The summed E-state index contributed by atoms with van der Waals surface area (Å²) in [5.41, 5.74) is 2.40. The van der Waals surface area contributed by atoms with E-state index in [0.29, 0.717) is 30.1 Å². The number of cyclic esters (lactones) is 1. The highest BCUT2D eigenvalue weighted by Gasteiger charge is 2.21. The van der Waals surface area contributed by atoms with Crippen LogP contribution in [-0.2, 0) is 11.3 Å². The van der Waals surface area contributed by atoms with Crippen LogP contribution in [0, 0.1) is 6.92 Å². The Balaban J connectivity index is 1.64. The molecule has 2 amide bonds. The number of carbonyl (C=O) groups excluding carboxylic acids is 2. The smallest absolute Gasteiger partial charge is 0.410 e. The van der Waals surface area contributed by atoms with Gasteiger partial charge in [0.25, 0.3) is 5.91 Å². The van der Waals surface area contributed by atoms with E-state index in [0.717, 1.165) is 11.1 Å². The van der Waals surface area contributed by atoms with E-state index >= 15 is 0 Å². The number of halogens is 1. The van der Waals surface area contributed by atoms with Crippen molar-refractivity contribution in [2.24, 2.45) is 0 Å². The number of nitrogens with zero attached hydrogens (tertiary/aromatic N) is 1. The number of aryl methyl sites for hydroxylation is 1. The van der Waals surface area contributed by atoms with Crippen molar-refractivity contribution >= 4 is 33.6 Å². The molecule has 1 aromatic carbocycles. The molecule has 6 nitrogen and oxygen atoms in total. The highest BCUT2D eigenvalue weighted by Crippen LogP contribution is 2.21. The number of ether oxygens (including phenoxy) is 1. The van der Waals surface area contributed by atoms with E-state index in [2.05, 4.69) is 21.2 Å². The van der Waals surface area contributed by atoms with Crippen molar-refractivity contribution in [3.8, 4) is 0 Å². The predicted octanol–water partition coefficient (Wildman–Crippen LogP) is 3.56. The summed E-state index contributed by atoms with van der Waals surface area (Å²) >= 11 is 3.20. The summed E-state index contributed by atoms with van der Waals surface area (Å²) in [6, 6.07) is 9.06. The fourth-order valence-corrected chi connectivity index (χ4v) is 2.84. The van der Waals surface area contributed by atoms with Gasteiger partial charge in [0.2, 0.25) is 0 Å². The zero-order chi connectivity index (χ0) is 16.4. The van der Waals surface area contributed by atoms with Crippen LogP contribution in [0.2, 0.25) is 0 Å². The van der Waals surface area contributed by atoms with Gasteiger partial charge in [-0.15, -0.1) is 0 Å². The number of amides is 2. The van der Waals surface area contributed by atoms with Crippen LogP contribution in [0.3, 0.4) is 0 Å². The molecule has 2 aromatic rings. The summed E-state index contributed by atoms with van der Waals surface area (Å²) < 4.78 is 10.7. The second-order valence-electron chi connectivity index (χ2n) is 5.25. The van der Waals surface area contributed by atoms with Crippen molar-refractivity contribution in [1.29, 1.82) is 0 Å². The van der Waals surface area contributed by atoms with Gasteiger partial charge >= 0.3 is 6.09 Å². The summed E-state index contributed by atoms with van der Waals surface area (Å²) in [6.07, 6.45) is -0.291. The zero-order valence-corrected chi connectivity index (χ0v) is 14.1. The van der Waals surface area contributed by atoms with E-state index in [4.69, 9.17) is 9.15 Å². The molecule has 1 fully saturated rings. The van der Waals surface area contributed by atoms with Gasteiger partial charge in [-0.05, 0) is 46.6 Å². The first-order valence-electron chi connectivity index (χ1n) is 7.11. The minimum absolute atomic E-state index is 0.278. The van der Waals surface area contributed by atoms with E-state index in [-0.39, 0.29) is 17.8 Å². The molecule has 1 N–H and O–H groups in total. The molecule has 2 heterocycles. The summed E-state index contributed by atoms with van der Waals surface area (Å²) in [6.45, 7) is 3.34. The first-order valence-corrected chi connectivity index (χ1v) is 7.90. The molecule has 0 unspecified atom stereocenters. The second-order valence-corrected chi connectivity index (χ2v) is 6.03. The van der Waals surface area contributed by atoms with Gasteiger partial charge in [0, 0.05) is 17.8 Å². The molecule has 0 bridgehead atoms. The largest absolute Gasteiger partial charge is 0.448 e. The molecule has 120 valence electrons. The third kappa shape index (κ3) is 3.56. The number of hydrogen-bond donors (Lipinski definition) is 1. The Morgan fingerprint density at radius 2 is 2.09 bits per heavy atom. The molecule has 0 aliphatic carbocycles. The molecule has 1 aromatic heterocycles. The zero-order valence-electron chi connectivity index (χ0n) is 12.5. The van der Waals surface area contributed by atoms with Crippen molar-refractivity contribution in [2.45, 2.75) is 13.5 Å². The van der Waals surface area contributed by atoms with Crippen LogP contribution in [0.4, 0.5) is 10.5 Å². The molecular formula is C16H15BrN2O4. The number of furan rings is 1. The summed E-state index contributed by atoms with van der Waals surface area (Å²) in [7, 11) is 0. The number of nitrogens with one attached hydrogen (secondary N) is 1. The van der Waals surface area contributed by atoms with Gasteiger partial charge in [-0.3, -0.25) is 4.79 Å². The minimum Gasteiger partial charge on any atom is -0.448 e. The van der Waals surface area contributed by atoms with Crippen molar-refractivity contribution in [2.75, 3.05) is 18.5 Å². The van der Waals surface area contributed by atoms with Gasteiger partial charge in [-0.1, -0.05) is 12.1 Å². The molecule has 23 heavy (non-hydrogen) atoms. The van der Waals surface area contributed by atoms with Crippen LogP contribution in [0.25, 0.3) is 0 Å². The summed E-state index contributed by atoms with van der Waals surface area (Å²) in [4.78, 5) is 25.2. The van der Waals surface area contributed by atoms with Crippen LogP contribution in [-0.4, -0.2) is 30.1 Å². The average molecular weight is 379 g/mol. The maximum atomic E-state index is 12.2. The quantitative estimate of drug-likeness (QED) is 0.882. The third-order valence-electron chi connectivity index (χ3n) is 3.52. The first-order chi connectivity index (χ1) is 11.0. The molecule has 1 aliphatic rings. The lowest BCUT2D eigenvalue weighted by Gasteiger charge is -2.12. The lowest BCUT2D eigenvalue weighted by molar-refractivity contribution is 0.0994. The number of benzene rings is 1. The Bertz CT molecular complexity index is 739. The van der Waals surface area contributed by atoms with E-state index in [1.54, 1.807) is 30.0 Å². The predicted molar refractivity (Wildman–Crippen MR) is 87.3 cm³/mol. The molecular weight excluding hydrogens is 364 g/mol. The topological polar surface area (TPSA) is 71.8 Å². The van der Waals surface area contributed by atoms with Crippen molar-refractivity contribution in [3.05, 3.63) is 51.9 Å². The standard InChI is InChI=1S/C16H15BrN2O4/c1-10-8-13(17)23-14(10)15(20)18-12-4-2-11(3-5-12)9-19-6-7-22-16(19)21/h2-5,8H,6-7,9H2,1H3,(H,18,20). The Morgan fingerprint density at radius 3 is 2.65 bits per heavy atom. The maximum absolute atomic E-state index is 12.2. The van der Waals surface area contributed by atoms with Gasteiger partial charge in [0.1, 0.15) is 6.61 Å². The monoisotopic (exact) mass is 378 g/mol. The molecule has 0 saturated carbocycles. The van der Waals surface area contributed by atoms with Gasteiger partial charge in [0.15, 0.2) is 10.4 Å². The summed E-state index contributed by atoms with van der Waals surface area (Å²) in [5.74, 6) is -0.0233. The molecule has 3 rings (SSSR count). The highest BCUT2D eigenvalue weighted by atomic mass is 79.9. The number of carbonyl (C=O) groups is 2. The van der Waals surface area contributed by atoms with Crippen LogP contribution >= 0.6 is 15.9 Å². The third-order valence-corrected chi connectivity index (χ3v) is 3.91. The fourth-order valence-electron chi connectivity index (χ4n) is 2.34.